The van der Waals surface area contributed by atoms with Gasteiger partial charge in [0, 0.05) is 0 Å². The van der Waals surface area contributed by atoms with Crippen LogP contribution in [0.5, 0.6) is 0 Å². The Hall–Kier alpha value is -2.24. The molecule has 6 heteroatoms. The first-order valence-electron chi connectivity index (χ1n) is 4.84. The van der Waals surface area contributed by atoms with Gasteiger partial charge in [0.2, 0.25) is 0 Å². The van der Waals surface area contributed by atoms with Gasteiger partial charge in [0.25, 0.3) is 5.82 Å². The molecule has 16 heavy (non-hydrogen) atoms. The first kappa shape index (κ1) is 10.3. The summed E-state index contributed by atoms with van der Waals surface area (Å²) in [5.74, 6) is -1.48. The fourth-order valence-corrected chi connectivity index (χ4v) is 1.41. The predicted molar refractivity (Wildman–Crippen MR) is 55.5 cm³/mol. The van der Waals surface area contributed by atoms with E-state index in [1.807, 2.05) is 31.2 Å². The van der Waals surface area contributed by atoms with Crippen molar-refractivity contribution < 1.29 is 9.90 Å². The van der Waals surface area contributed by atoms with Crippen LogP contribution < -0.4 is 0 Å². The van der Waals surface area contributed by atoms with Crippen LogP contribution in [0.2, 0.25) is 0 Å². The summed E-state index contributed by atoms with van der Waals surface area (Å²) in [6.45, 7) is 2.01. The van der Waals surface area contributed by atoms with E-state index >= 15 is 0 Å². The van der Waals surface area contributed by atoms with Gasteiger partial charge in [-0.15, -0.1) is 15.0 Å². The van der Waals surface area contributed by atoms with E-state index in [1.54, 1.807) is 0 Å². The second-order valence-corrected chi connectivity index (χ2v) is 3.19. The van der Waals surface area contributed by atoms with Crippen LogP contribution in [-0.4, -0.2) is 31.3 Å². The molecule has 1 aromatic carbocycles. The van der Waals surface area contributed by atoms with Crippen LogP contribution in [0.4, 0.5) is 0 Å². The summed E-state index contributed by atoms with van der Waals surface area (Å²) in [5.41, 5.74) is 1.79. The summed E-state index contributed by atoms with van der Waals surface area (Å²) in [5, 5.41) is 19.6. The number of carbonyl (C=O) groups is 1. The Labute approximate surface area is 91.5 Å². The molecule has 6 nitrogen and oxygen atoms in total. The number of hydrogen-bond donors (Lipinski definition) is 1. The molecule has 0 fully saturated rings. The lowest BCUT2D eigenvalue weighted by Gasteiger charge is -2.03. The molecular formula is C10H10N4O2. The maximum atomic E-state index is 10.6. The Bertz CT molecular complexity index is 521. The molecule has 0 saturated heterocycles. The lowest BCUT2D eigenvalue weighted by atomic mass is 10.1. The number of para-hydroxylation sites is 1. The molecule has 82 valence electrons. The van der Waals surface area contributed by atoms with E-state index in [0.29, 0.717) is 0 Å². The van der Waals surface area contributed by atoms with Crippen LogP contribution in [0.3, 0.4) is 0 Å². The average Bonchev–Trinajstić information content (AvgIpc) is 2.78. The lowest BCUT2D eigenvalue weighted by Crippen LogP contribution is -2.04. The topological polar surface area (TPSA) is 80.9 Å². The molecule has 0 amide bonds. The maximum absolute atomic E-state index is 10.6. The second kappa shape index (κ2) is 4.09. The number of carboxylic acids is 1. The van der Waals surface area contributed by atoms with Crippen LogP contribution in [-0.2, 0) is 6.42 Å². The molecule has 0 radical (unpaired) electrons. The monoisotopic (exact) mass is 218 g/mol. The Kier molecular flexibility index (Phi) is 2.63. The van der Waals surface area contributed by atoms with Gasteiger partial charge in [0.1, 0.15) is 0 Å². The smallest absolute Gasteiger partial charge is 0.377 e. The summed E-state index contributed by atoms with van der Waals surface area (Å²) >= 11 is 0. The van der Waals surface area contributed by atoms with Gasteiger partial charge in [-0.2, -0.15) is 0 Å². The van der Waals surface area contributed by atoms with Gasteiger partial charge in [-0.1, -0.05) is 25.1 Å². The predicted octanol–water partition coefficient (Wildman–Crippen LogP) is 0.923. The summed E-state index contributed by atoms with van der Waals surface area (Å²) < 4.78 is 0. The maximum Gasteiger partial charge on any atom is 0.377 e. The Morgan fingerprint density at radius 3 is 2.81 bits per heavy atom. The summed E-state index contributed by atoms with van der Waals surface area (Å²) in [7, 11) is 0. The van der Waals surface area contributed by atoms with Crippen LogP contribution in [0.1, 0.15) is 23.1 Å². The largest absolute Gasteiger partial charge is 0.475 e. The van der Waals surface area contributed by atoms with Gasteiger partial charge >= 0.3 is 5.97 Å². The highest BCUT2D eigenvalue weighted by Crippen LogP contribution is 2.12. The number of nitrogens with zero attached hydrogens (tertiary/aromatic N) is 4. The highest BCUT2D eigenvalue weighted by atomic mass is 16.4. The third-order valence-electron chi connectivity index (χ3n) is 2.19. The highest BCUT2D eigenvalue weighted by Gasteiger charge is 2.12. The van der Waals surface area contributed by atoms with Gasteiger partial charge in [-0.05, 0) is 23.3 Å². The SMILES string of the molecule is CCc1ccccc1-n1nnc(C(=O)O)n1. The second-order valence-electron chi connectivity index (χ2n) is 3.19. The van der Waals surface area contributed by atoms with E-state index in [9.17, 15) is 4.79 Å². The molecule has 0 unspecified atom stereocenters. The van der Waals surface area contributed by atoms with Crippen molar-refractivity contribution in [3.63, 3.8) is 0 Å². The van der Waals surface area contributed by atoms with Crippen molar-refractivity contribution in [3.8, 4) is 5.69 Å². The Morgan fingerprint density at radius 1 is 1.44 bits per heavy atom. The molecule has 1 N–H and O–H groups in total. The molecule has 2 aromatic rings. The Balaban J connectivity index is 2.46. The lowest BCUT2D eigenvalue weighted by molar-refractivity contribution is 0.0683. The fourth-order valence-electron chi connectivity index (χ4n) is 1.41. The molecule has 0 saturated carbocycles. The zero-order valence-electron chi connectivity index (χ0n) is 8.66. The molecule has 2 rings (SSSR count). The molecule has 1 aromatic heterocycles. The molecule has 1 heterocycles. The molecule has 0 aliphatic heterocycles. The first-order valence-corrected chi connectivity index (χ1v) is 4.84. The third-order valence-corrected chi connectivity index (χ3v) is 2.19. The number of rotatable bonds is 3. The van der Waals surface area contributed by atoms with Gasteiger partial charge < -0.3 is 5.11 Å². The molecular weight excluding hydrogens is 208 g/mol. The fraction of sp³-hybridized carbons (Fsp3) is 0.200. The quantitative estimate of drug-likeness (QED) is 0.828. The van der Waals surface area contributed by atoms with E-state index in [1.165, 1.54) is 4.80 Å². The van der Waals surface area contributed by atoms with Gasteiger partial charge in [-0.25, -0.2) is 4.79 Å². The zero-order chi connectivity index (χ0) is 11.5. The van der Waals surface area contributed by atoms with E-state index in [2.05, 4.69) is 15.4 Å². The van der Waals surface area contributed by atoms with Crippen molar-refractivity contribution in [1.82, 2.24) is 20.2 Å². The molecule has 0 spiro atoms. The number of carboxylic acid groups (broad SMARTS) is 1. The minimum atomic E-state index is -1.18. The van der Waals surface area contributed by atoms with E-state index in [0.717, 1.165) is 17.7 Å². The standard InChI is InChI=1S/C10H10N4O2/c1-2-7-5-3-4-6-8(7)14-12-9(10(15)16)11-13-14/h3-6H,2H2,1H3,(H,15,16). The summed E-state index contributed by atoms with van der Waals surface area (Å²) in [6, 6.07) is 7.53. The summed E-state index contributed by atoms with van der Waals surface area (Å²) in [4.78, 5) is 11.9. The normalized spacial score (nSPS) is 10.3. The number of aromatic carboxylic acids is 1. The van der Waals surface area contributed by atoms with Crippen molar-refractivity contribution in [2.45, 2.75) is 13.3 Å². The molecule has 0 aliphatic rings. The molecule has 0 atom stereocenters. The van der Waals surface area contributed by atoms with Crippen molar-refractivity contribution in [2.24, 2.45) is 0 Å². The number of benzene rings is 1. The Morgan fingerprint density at radius 2 is 2.19 bits per heavy atom. The zero-order valence-corrected chi connectivity index (χ0v) is 8.66. The van der Waals surface area contributed by atoms with Gasteiger partial charge in [0.15, 0.2) is 0 Å². The van der Waals surface area contributed by atoms with Crippen LogP contribution in [0.25, 0.3) is 5.69 Å². The minimum absolute atomic E-state index is 0.300. The molecule has 0 bridgehead atoms. The minimum Gasteiger partial charge on any atom is -0.475 e. The van der Waals surface area contributed by atoms with Crippen LogP contribution in [0, 0.1) is 0 Å². The van der Waals surface area contributed by atoms with Crippen molar-refractivity contribution in [1.29, 1.82) is 0 Å². The average molecular weight is 218 g/mol. The van der Waals surface area contributed by atoms with E-state index in [-0.39, 0.29) is 5.82 Å². The van der Waals surface area contributed by atoms with Crippen LogP contribution >= 0.6 is 0 Å². The van der Waals surface area contributed by atoms with Crippen LogP contribution in [0.15, 0.2) is 24.3 Å². The number of aryl methyl sites for hydroxylation is 1. The number of aromatic nitrogens is 4. The third kappa shape index (κ3) is 1.77. The van der Waals surface area contributed by atoms with Gasteiger partial charge in [0.05, 0.1) is 5.69 Å². The van der Waals surface area contributed by atoms with Crippen molar-refractivity contribution in [3.05, 3.63) is 35.7 Å². The summed E-state index contributed by atoms with van der Waals surface area (Å²) in [6.07, 6.45) is 0.820. The van der Waals surface area contributed by atoms with E-state index < -0.39 is 5.97 Å². The number of tetrazole rings is 1. The van der Waals surface area contributed by atoms with E-state index in [4.69, 9.17) is 5.11 Å². The molecule has 0 aliphatic carbocycles. The van der Waals surface area contributed by atoms with Crippen molar-refractivity contribution >= 4 is 5.97 Å². The first-order chi connectivity index (χ1) is 7.72. The van der Waals surface area contributed by atoms with Gasteiger partial charge in [-0.3, -0.25) is 0 Å². The highest BCUT2D eigenvalue weighted by molar-refractivity contribution is 5.82. The van der Waals surface area contributed by atoms with Crippen molar-refractivity contribution in [2.75, 3.05) is 0 Å². The number of hydrogen-bond acceptors (Lipinski definition) is 4.